The summed E-state index contributed by atoms with van der Waals surface area (Å²) in [4.78, 5) is 24.0. The molecule has 3 aromatic heterocycles. The molecule has 0 bridgehead atoms. The van der Waals surface area contributed by atoms with Gasteiger partial charge in [0, 0.05) is 18.8 Å². The van der Waals surface area contributed by atoms with E-state index in [-0.39, 0.29) is 5.91 Å². The first kappa shape index (κ1) is 17.4. The van der Waals surface area contributed by atoms with E-state index in [1.54, 1.807) is 43.1 Å². The van der Waals surface area contributed by atoms with Crippen molar-refractivity contribution in [1.82, 2.24) is 19.3 Å². The van der Waals surface area contributed by atoms with E-state index in [4.69, 9.17) is 4.74 Å². The monoisotopic (exact) mass is 381 g/mol. The number of methoxy groups -OCH3 is 1. The number of hydrogen-bond acceptors (Lipinski definition) is 6. The molecule has 0 spiro atoms. The molecule has 1 amide bonds. The Balaban J connectivity index is 1.62. The van der Waals surface area contributed by atoms with Gasteiger partial charge in [-0.15, -0.1) is 0 Å². The molecule has 0 saturated heterocycles. The molecule has 3 heterocycles. The normalized spacial score (nSPS) is 11.4. The van der Waals surface area contributed by atoms with Crippen LogP contribution in [0.2, 0.25) is 0 Å². The smallest absolute Gasteiger partial charge is 0.275 e. The average molecular weight is 381 g/mol. The van der Waals surface area contributed by atoms with Crippen LogP contribution in [0.15, 0.2) is 42.9 Å². The molecule has 0 fully saturated rings. The van der Waals surface area contributed by atoms with Crippen molar-refractivity contribution < 1.29 is 9.53 Å². The minimum Gasteiger partial charge on any atom is -0.495 e. The molecule has 4 aromatic rings. The standard InChI is InChI=1S/C19H19N5O2S/c1-23(2)10-12-4-5-16-17(6-12)27-19-22-15(11-24(16)19)18(25)21-13-7-14(26-3)9-20-8-13/h4-9,11H,10H2,1-3H3,(H,21,25). The molecule has 0 aliphatic rings. The number of fused-ring (bicyclic) bond motifs is 3. The van der Waals surface area contributed by atoms with Crippen molar-refractivity contribution in [3.8, 4) is 5.75 Å². The molecule has 0 aliphatic carbocycles. The lowest BCUT2D eigenvalue weighted by Gasteiger charge is -2.09. The van der Waals surface area contributed by atoms with Crippen molar-refractivity contribution in [2.45, 2.75) is 6.54 Å². The van der Waals surface area contributed by atoms with Crippen LogP contribution in [0, 0.1) is 0 Å². The van der Waals surface area contributed by atoms with Crippen LogP contribution in [-0.2, 0) is 6.54 Å². The fourth-order valence-electron chi connectivity index (χ4n) is 2.91. The van der Waals surface area contributed by atoms with Crippen molar-refractivity contribution in [3.63, 3.8) is 0 Å². The summed E-state index contributed by atoms with van der Waals surface area (Å²) in [5.41, 5.74) is 3.23. The van der Waals surface area contributed by atoms with Crippen molar-refractivity contribution in [2.75, 3.05) is 26.5 Å². The van der Waals surface area contributed by atoms with E-state index in [0.29, 0.717) is 17.1 Å². The fraction of sp³-hybridized carbons (Fsp3) is 0.211. The summed E-state index contributed by atoms with van der Waals surface area (Å²) in [6, 6.07) is 8.07. The second-order valence-corrected chi connectivity index (χ2v) is 7.50. The van der Waals surface area contributed by atoms with Gasteiger partial charge in [-0.3, -0.25) is 14.2 Å². The quantitative estimate of drug-likeness (QED) is 0.574. The highest BCUT2D eigenvalue weighted by atomic mass is 32.1. The number of aromatic nitrogens is 3. The van der Waals surface area contributed by atoms with Crippen molar-refractivity contribution in [3.05, 3.63) is 54.1 Å². The Bertz CT molecular complexity index is 1130. The number of carbonyl (C=O) groups excluding carboxylic acids is 1. The largest absolute Gasteiger partial charge is 0.495 e. The van der Waals surface area contributed by atoms with Gasteiger partial charge >= 0.3 is 0 Å². The Morgan fingerprint density at radius 1 is 1.30 bits per heavy atom. The molecule has 1 N–H and O–H groups in total. The highest BCUT2D eigenvalue weighted by Gasteiger charge is 2.15. The predicted octanol–water partition coefficient (Wildman–Crippen LogP) is 3.27. The first-order chi connectivity index (χ1) is 13.0. The van der Waals surface area contributed by atoms with Gasteiger partial charge in [0.05, 0.1) is 35.4 Å². The average Bonchev–Trinajstić information content (AvgIpc) is 3.19. The Morgan fingerprint density at radius 2 is 2.15 bits per heavy atom. The lowest BCUT2D eigenvalue weighted by atomic mass is 10.2. The number of anilines is 1. The summed E-state index contributed by atoms with van der Waals surface area (Å²) in [7, 11) is 5.66. The number of rotatable bonds is 5. The number of thiazole rings is 1. The molecule has 0 saturated carbocycles. The minimum absolute atomic E-state index is 0.279. The molecule has 7 nitrogen and oxygen atoms in total. The number of pyridine rings is 1. The SMILES string of the molecule is COc1cncc(NC(=O)c2cn3c(n2)sc2cc(CN(C)C)ccc23)c1. The van der Waals surface area contributed by atoms with Crippen LogP contribution in [-0.4, -0.2) is 46.4 Å². The van der Waals surface area contributed by atoms with Crippen LogP contribution in [0.3, 0.4) is 0 Å². The highest BCUT2D eigenvalue weighted by molar-refractivity contribution is 7.23. The lowest BCUT2D eigenvalue weighted by Crippen LogP contribution is -2.12. The van der Waals surface area contributed by atoms with Gasteiger partial charge in [0.1, 0.15) is 11.4 Å². The Hall–Kier alpha value is -2.97. The van der Waals surface area contributed by atoms with E-state index in [0.717, 1.165) is 21.7 Å². The Labute approximate surface area is 160 Å². The van der Waals surface area contributed by atoms with Gasteiger partial charge in [0.15, 0.2) is 4.96 Å². The molecule has 0 radical (unpaired) electrons. The summed E-state index contributed by atoms with van der Waals surface area (Å²) in [6.07, 6.45) is 4.92. The van der Waals surface area contributed by atoms with Gasteiger partial charge in [-0.25, -0.2) is 4.98 Å². The number of benzene rings is 1. The Morgan fingerprint density at radius 3 is 2.93 bits per heavy atom. The van der Waals surface area contributed by atoms with Crippen molar-refractivity contribution in [2.24, 2.45) is 0 Å². The van der Waals surface area contributed by atoms with Gasteiger partial charge in [-0.2, -0.15) is 0 Å². The van der Waals surface area contributed by atoms with Gasteiger partial charge in [0.2, 0.25) is 0 Å². The van der Waals surface area contributed by atoms with Crippen LogP contribution in [0.25, 0.3) is 15.2 Å². The van der Waals surface area contributed by atoms with Crippen LogP contribution < -0.4 is 10.1 Å². The fourth-order valence-corrected chi connectivity index (χ4v) is 3.98. The van der Waals surface area contributed by atoms with E-state index < -0.39 is 0 Å². The molecule has 27 heavy (non-hydrogen) atoms. The Kier molecular flexibility index (Phi) is 4.51. The molecule has 0 aliphatic heterocycles. The number of carbonyl (C=O) groups is 1. The van der Waals surface area contributed by atoms with Gasteiger partial charge in [0.25, 0.3) is 5.91 Å². The molecular formula is C19H19N5O2S. The lowest BCUT2D eigenvalue weighted by molar-refractivity contribution is 0.102. The van der Waals surface area contributed by atoms with E-state index in [1.807, 2.05) is 18.5 Å². The van der Waals surface area contributed by atoms with E-state index in [9.17, 15) is 4.79 Å². The number of nitrogens with one attached hydrogen (secondary N) is 1. The number of hydrogen-bond donors (Lipinski definition) is 1. The topological polar surface area (TPSA) is 71.8 Å². The maximum Gasteiger partial charge on any atom is 0.275 e. The minimum atomic E-state index is -0.279. The maximum absolute atomic E-state index is 12.5. The second-order valence-electron chi connectivity index (χ2n) is 6.49. The van der Waals surface area contributed by atoms with Crippen LogP contribution in [0.1, 0.15) is 16.1 Å². The summed E-state index contributed by atoms with van der Waals surface area (Å²) in [6.45, 7) is 0.887. The number of nitrogens with zero attached hydrogens (tertiary/aromatic N) is 4. The summed E-state index contributed by atoms with van der Waals surface area (Å²) in [5.74, 6) is 0.302. The zero-order valence-electron chi connectivity index (χ0n) is 15.3. The summed E-state index contributed by atoms with van der Waals surface area (Å²) < 4.78 is 8.23. The molecule has 0 unspecified atom stereocenters. The zero-order valence-corrected chi connectivity index (χ0v) is 16.1. The van der Waals surface area contributed by atoms with Crippen LogP contribution in [0.4, 0.5) is 5.69 Å². The third-order valence-electron chi connectivity index (χ3n) is 4.10. The first-order valence-electron chi connectivity index (χ1n) is 8.39. The third kappa shape index (κ3) is 3.49. The second kappa shape index (κ2) is 6.98. The van der Waals surface area contributed by atoms with E-state index >= 15 is 0 Å². The van der Waals surface area contributed by atoms with E-state index in [1.165, 1.54) is 5.56 Å². The molecule has 0 atom stereocenters. The number of ether oxygens (including phenoxy) is 1. The van der Waals surface area contributed by atoms with Gasteiger partial charge in [-0.1, -0.05) is 17.4 Å². The summed E-state index contributed by atoms with van der Waals surface area (Å²) in [5, 5.41) is 2.80. The molecule has 1 aromatic carbocycles. The molecule has 138 valence electrons. The first-order valence-corrected chi connectivity index (χ1v) is 9.21. The highest BCUT2D eigenvalue weighted by Crippen LogP contribution is 2.28. The van der Waals surface area contributed by atoms with Crippen LogP contribution in [0.5, 0.6) is 5.75 Å². The predicted molar refractivity (Wildman–Crippen MR) is 107 cm³/mol. The zero-order chi connectivity index (χ0) is 19.0. The number of imidazole rings is 1. The molecule has 4 rings (SSSR count). The third-order valence-corrected chi connectivity index (χ3v) is 5.11. The van der Waals surface area contributed by atoms with Gasteiger partial charge in [-0.05, 0) is 31.8 Å². The molecule has 8 heteroatoms. The number of amides is 1. The molecular weight excluding hydrogens is 362 g/mol. The van der Waals surface area contributed by atoms with Crippen molar-refractivity contribution in [1.29, 1.82) is 0 Å². The summed E-state index contributed by atoms with van der Waals surface area (Å²) >= 11 is 1.57. The van der Waals surface area contributed by atoms with Gasteiger partial charge < -0.3 is 15.0 Å². The maximum atomic E-state index is 12.5. The van der Waals surface area contributed by atoms with Crippen molar-refractivity contribution >= 4 is 38.1 Å². The van der Waals surface area contributed by atoms with E-state index in [2.05, 4.69) is 38.4 Å². The van der Waals surface area contributed by atoms with Crippen LogP contribution >= 0.6 is 11.3 Å².